The van der Waals surface area contributed by atoms with Crippen molar-refractivity contribution < 1.29 is 18.4 Å². The Bertz CT molecular complexity index is 741. The summed E-state index contributed by atoms with van der Waals surface area (Å²) in [5.41, 5.74) is 0. The van der Waals surface area contributed by atoms with Gasteiger partial charge in [-0.15, -0.1) is 11.3 Å². The van der Waals surface area contributed by atoms with E-state index in [1.807, 2.05) is 6.07 Å². The summed E-state index contributed by atoms with van der Waals surface area (Å²) in [7, 11) is 0. The molecule has 0 saturated carbocycles. The van der Waals surface area contributed by atoms with Crippen molar-refractivity contribution in [2.45, 2.75) is 6.54 Å². The second-order valence-electron chi connectivity index (χ2n) is 4.23. The van der Waals surface area contributed by atoms with Crippen molar-refractivity contribution in [3.8, 4) is 0 Å². The topological polar surface area (TPSA) is 72.5 Å². The lowest BCUT2D eigenvalue weighted by atomic mass is 10.2. The first-order chi connectivity index (χ1) is 10.2. The molecule has 0 unspecified atom stereocenters. The minimum atomic E-state index is -0.285. The van der Waals surface area contributed by atoms with Crippen LogP contribution in [0.25, 0.3) is 0 Å². The quantitative estimate of drug-likeness (QED) is 0.735. The number of amides is 1. The number of carbonyl (C=O) groups is 2. The monoisotopic (exact) mass is 301 g/mol. The largest absolute Gasteiger partial charge is 0.461 e. The second kappa shape index (κ2) is 5.80. The van der Waals surface area contributed by atoms with Crippen LogP contribution in [0.3, 0.4) is 0 Å². The maximum atomic E-state index is 12.1. The van der Waals surface area contributed by atoms with E-state index in [-0.39, 0.29) is 17.5 Å². The van der Waals surface area contributed by atoms with Crippen LogP contribution in [-0.2, 0) is 6.54 Å². The van der Waals surface area contributed by atoms with Crippen LogP contribution in [-0.4, -0.2) is 11.7 Å². The number of rotatable bonds is 5. The Morgan fingerprint density at radius 3 is 2.38 bits per heavy atom. The highest BCUT2D eigenvalue weighted by atomic mass is 32.1. The summed E-state index contributed by atoms with van der Waals surface area (Å²) in [4.78, 5) is 25.2. The molecule has 1 N–H and O–H groups in total. The Morgan fingerprint density at radius 2 is 1.71 bits per heavy atom. The Hall–Kier alpha value is -2.60. The van der Waals surface area contributed by atoms with Crippen LogP contribution in [0.5, 0.6) is 0 Å². The molecule has 3 heterocycles. The van der Waals surface area contributed by atoms with Crippen molar-refractivity contribution in [2.24, 2.45) is 0 Å². The van der Waals surface area contributed by atoms with Gasteiger partial charge in [0.2, 0.25) is 5.78 Å². The van der Waals surface area contributed by atoms with Crippen LogP contribution >= 0.6 is 11.3 Å². The summed E-state index contributed by atoms with van der Waals surface area (Å²) in [6, 6.07) is 10.1. The van der Waals surface area contributed by atoms with Gasteiger partial charge in [-0.05, 0) is 36.4 Å². The summed E-state index contributed by atoms with van der Waals surface area (Å²) in [5, 5.41) is 2.73. The molecule has 6 heteroatoms. The molecule has 0 saturated heterocycles. The molecular weight excluding hydrogens is 290 g/mol. The Balaban J connectivity index is 1.63. The smallest absolute Gasteiger partial charge is 0.287 e. The van der Waals surface area contributed by atoms with Gasteiger partial charge >= 0.3 is 0 Å². The highest BCUT2D eigenvalue weighted by Crippen LogP contribution is 2.20. The van der Waals surface area contributed by atoms with Crippen molar-refractivity contribution in [2.75, 3.05) is 0 Å². The lowest BCUT2D eigenvalue weighted by molar-refractivity contribution is 0.0923. The van der Waals surface area contributed by atoms with E-state index in [2.05, 4.69) is 5.32 Å². The lowest BCUT2D eigenvalue weighted by Crippen LogP contribution is -2.21. The minimum absolute atomic E-state index is 0.159. The molecule has 0 aliphatic rings. The maximum absolute atomic E-state index is 12.1. The standard InChI is InChI=1S/C15H11NO4S/c17-14(11-3-1-7-19-11)13-6-5-10(21-13)9-16-15(18)12-4-2-8-20-12/h1-8H,9H2,(H,16,18). The molecule has 0 fully saturated rings. The van der Waals surface area contributed by atoms with Gasteiger partial charge in [0.25, 0.3) is 5.91 Å². The van der Waals surface area contributed by atoms with E-state index >= 15 is 0 Å². The Morgan fingerprint density at radius 1 is 1.00 bits per heavy atom. The molecule has 0 aliphatic carbocycles. The molecular formula is C15H11NO4S. The average Bonchev–Trinajstić information content (AvgIpc) is 3.26. The number of carbonyl (C=O) groups excluding carboxylic acids is 2. The molecule has 1 amide bonds. The number of hydrogen-bond acceptors (Lipinski definition) is 5. The number of furan rings is 2. The molecule has 0 spiro atoms. The third-order valence-electron chi connectivity index (χ3n) is 2.80. The third kappa shape index (κ3) is 2.95. The van der Waals surface area contributed by atoms with Crippen molar-refractivity contribution in [1.29, 1.82) is 0 Å². The molecule has 3 aromatic heterocycles. The number of thiophene rings is 1. The van der Waals surface area contributed by atoms with Crippen molar-refractivity contribution in [1.82, 2.24) is 5.32 Å². The number of ketones is 1. The highest BCUT2D eigenvalue weighted by Gasteiger charge is 2.15. The summed E-state index contributed by atoms with van der Waals surface area (Å²) in [6.45, 7) is 0.343. The van der Waals surface area contributed by atoms with E-state index < -0.39 is 0 Å². The fourth-order valence-corrected chi connectivity index (χ4v) is 2.68. The van der Waals surface area contributed by atoms with Gasteiger partial charge < -0.3 is 14.2 Å². The zero-order valence-electron chi connectivity index (χ0n) is 10.9. The maximum Gasteiger partial charge on any atom is 0.287 e. The van der Waals surface area contributed by atoms with Crippen LogP contribution < -0.4 is 5.32 Å². The van der Waals surface area contributed by atoms with Gasteiger partial charge in [-0.2, -0.15) is 0 Å². The number of nitrogens with one attached hydrogen (secondary N) is 1. The van der Waals surface area contributed by atoms with Gasteiger partial charge in [-0.25, -0.2) is 0 Å². The van der Waals surface area contributed by atoms with E-state index in [1.54, 1.807) is 30.3 Å². The fraction of sp³-hybridized carbons (Fsp3) is 0.0667. The van der Waals surface area contributed by atoms with Gasteiger partial charge in [-0.1, -0.05) is 0 Å². The first-order valence-electron chi connectivity index (χ1n) is 6.22. The molecule has 3 rings (SSSR count). The number of hydrogen-bond donors (Lipinski definition) is 1. The van der Waals surface area contributed by atoms with Crippen LogP contribution in [0.1, 0.15) is 30.9 Å². The minimum Gasteiger partial charge on any atom is -0.461 e. The zero-order chi connectivity index (χ0) is 14.7. The summed E-state index contributed by atoms with van der Waals surface area (Å²) in [5.74, 6) is 0.127. The molecule has 5 nitrogen and oxygen atoms in total. The summed E-state index contributed by atoms with van der Waals surface area (Å²) < 4.78 is 10.1. The van der Waals surface area contributed by atoms with Gasteiger partial charge in [-0.3, -0.25) is 9.59 Å². The first kappa shape index (κ1) is 13.4. The van der Waals surface area contributed by atoms with E-state index in [0.717, 1.165) is 4.88 Å². The molecule has 21 heavy (non-hydrogen) atoms. The lowest BCUT2D eigenvalue weighted by Gasteiger charge is -2.00. The van der Waals surface area contributed by atoms with Crippen LogP contribution in [0.15, 0.2) is 57.8 Å². The Kier molecular flexibility index (Phi) is 3.70. The van der Waals surface area contributed by atoms with Crippen LogP contribution in [0.2, 0.25) is 0 Å². The third-order valence-corrected chi connectivity index (χ3v) is 3.88. The van der Waals surface area contributed by atoms with Crippen LogP contribution in [0, 0.1) is 0 Å². The predicted octanol–water partition coefficient (Wildman–Crippen LogP) is 3.10. The van der Waals surface area contributed by atoms with Crippen LogP contribution in [0.4, 0.5) is 0 Å². The average molecular weight is 301 g/mol. The SMILES string of the molecule is O=C(NCc1ccc(C(=O)c2ccco2)s1)c1ccco1. The first-order valence-corrected chi connectivity index (χ1v) is 7.04. The summed E-state index contributed by atoms with van der Waals surface area (Å²) in [6.07, 6.45) is 2.91. The van der Waals surface area contributed by atoms with E-state index in [1.165, 1.54) is 23.9 Å². The highest BCUT2D eigenvalue weighted by molar-refractivity contribution is 7.14. The molecule has 106 valence electrons. The molecule has 0 aromatic carbocycles. The van der Waals surface area contributed by atoms with Gasteiger partial charge in [0, 0.05) is 4.88 Å². The summed E-state index contributed by atoms with van der Waals surface area (Å²) >= 11 is 1.32. The molecule has 3 aromatic rings. The van der Waals surface area contributed by atoms with Crippen molar-refractivity contribution >= 4 is 23.0 Å². The molecule has 0 atom stereocenters. The van der Waals surface area contributed by atoms with E-state index in [4.69, 9.17) is 8.83 Å². The van der Waals surface area contributed by atoms with Gasteiger partial charge in [0.1, 0.15) is 0 Å². The molecule has 0 radical (unpaired) electrons. The van der Waals surface area contributed by atoms with E-state index in [9.17, 15) is 9.59 Å². The zero-order valence-corrected chi connectivity index (χ0v) is 11.7. The van der Waals surface area contributed by atoms with E-state index in [0.29, 0.717) is 17.2 Å². The van der Waals surface area contributed by atoms with Crippen molar-refractivity contribution in [3.63, 3.8) is 0 Å². The van der Waals surface area contributed by atoms with Gasteiger partial charge in [0.15, 0.2) is 11.5 Å². The normalized spacial score (nSPS) is 10.5. The van der Waals surface area contributed by atoms with Crippen molar-refractivity contribution in [3.05, 3.63) is 70.2 Å². The fourth-order valence-electron chi connectivity index (χ4n) is 1.79. The Labute approximate surface area is 124 Å². The predicted molar refractivity (Wildman–Crippen MR) is 76.3 cm³/mol. The molecule has 0 aliphatic heterocycles. The van der Waals surface area contributed by atoms with Gasteiger partial charge in [0.05, 0.1) is 23.9 Å². The molecule has 0 bridgehead atoms. The second-order valence-corrected chi connectivity index (χ2v) is 5.40.